The minimum Gasteiger partial charge on any atom is -0.503 e. The number of amides is 1. The molecule has 0 aliphatic carbocycles. The van der Waals surface area contributed by atoms with Crippen LogP contribution in [0.1, 0.15) is 28.3 Å². The van der Waals surface area contributed by atoms with Gasteiger partial charge in [-0.05, 0) is 41.8 Å². The zero-order chi connectivity index (χ0) is 19.7. The maximum absolute atomic E-state index is 13.0. The number of benzene rings is 2. The van der Waals surface area contributed by atoms with Gasteiger partial charge in [-0.3, -0.25) is 9.78 Å². The first-order valence-corrected chi connectivity index (χ1v) is 9.38. The molecule has 0 saturated heterocycles. The molecule has 1 amide bonds. The van der Waals surface area contributed by atoms with Crippen molar-refractivity contribution in [2.75, 3.05) is 0 Å². The van der Waals surface area contributed by atoms with E-state index in [0.717, 1.165) is 22.3 Å². The Bertz CT molecular complexity index is 1050. The van der Waals surface area contributed by atoms with Crippen molar-refractivity contribution in [3.8, 4) is 0 Å². The molecule has 0 fully saturated rings. The quantitative estimate of drug-likeness (QED) is 0.674. The molecule has 5 heteroatoms. The number of aliphatic hydroxyl groups is 1. The minimum atomic E-state index is -0.436. The number of carbonyl (C=O) groups excluding carboxylic acids is 1. The summed E-state index contributed by atoms with van der Waals surface area (Å²) in [5.41, 5.74) is 4.26. The monoisotopic (exact) mass is 390 g/mol. The van der Waals surface area contributed by atoms with Crippen molar-refractivity contribution >= 4 is 23.1 Å². The van der Waals surface area contributed by atoms with Crippen molar-refractivity contribution in [1.29, 1.82) is 0 Å². The van der Waals surface area contributed by atoms with Crippen LogP contribution >= 0.6 is 11.6 Å². The molecule has 4 rings (SSSR count). The highest BCUT2D eigenvalue weighted by molar-refractivity contribution is 6.30. The largest absolute Gasteiger partial charge is 0.503 e. The van der Waals surface area contributed by atoms with Crippen LogP contribution in [0.4, 0.5) is 0 Å². The van der Waals surface area contributed by atoms with Crippen LogP contribution in [0.2, 0.25) is 5.02 Å². The van der Waals surface area contributed by atoms with Crippen LogP contribution in [0.15, 0.2) is 78.8 Å². The lowest BCUT2D eigenvalue weighted by Crippen LogP contribution is -2.29. The van der Waals surface area contributed by atoms with Crippen molar-refractivity contribution in [2.45, 2.75) is 19.5 Å². The molecular formula is C23H19ClN2O2. The maximum atomic E-state index is 13.0. The third-order valence-electron chi connectivity index (χ3n) is 4.91. The van der Waals surface area contributed by atoms with Crippen LogP contribution in [0.25, 0.3) is 5.57 Å². The second-order valence-corrected chi connectivity index (χ2v) is 7.32. The second kappa shape index (κ2) is 7.49. The highest BCUT2D eigenvalue weighted by Crippen LogP contribution is 2.44. The zero-order valence-electron chi connectivity index (χ0n) is 15.3. The summed E-state index contributed by atoms with van der Waals surface area (Å²) >= 11 is 6.23. The summed E-state index contributed by atoms with van der Waals surface area (Å²) in [5.74, 6) is -0.623. The first kappa shape index (κ1) is 18.3. The van der Waals surface area contributed by atoms with Crippen molar-refractivity contribution in [3.05, 3.63) is 106 Å². The van der Waals surface area contributed by atoms with Gasteiger partial charge in [-0.15, -0.1) is 0 Å². The van der Waals surface area contributed by atoms with Gasteiger partial charge in [0.25, 0.3) is 5.91 Å². The van der Waals surface area contributed by atoms with E-state index < -0.39 is 11.9 Å². The van der Waals surface area contributed by atoms with E-state index >= 15 is 0 Å². The lowest BCUT2D eigenvalue weighted by atomic mass is 9.93. The van der Waals surface area contributed by atoms with Gasteiger partial charge in [-0.25, -0.2) is 0 Å². The molecule has 140 valence electrons. The predicted molar refractivity (Wildman–Crippen MR) is 110 cm³/mol. The lowest BCUT2D eigenvalue weighted by Gasteiger charge is -2.27. The summed E-state index contributed by atoms with van der Waals surface area (Å²) in [6.45, 7) is 2.34. The molecule has 0 unspecified atom stereocenters. The van der Waals surface area contributed by atoms with Gasteiger partial charge < -0.3 is 10.0 Å². The molecule has 1 aliphatic rings. The molecule has 1 aliphatic heterocycles. The number of halogens is 1. The summed E-state index contributed by atoms with van der Waals surface area (Å²) in [6.07, 6.45) is 3.42. The highest BCUT2D eigenvalue weighted by Gasteiger charge is 2.41. The van der Waals surface area contributed by atoms with Gasteiger partial charge in [0.15, 0.2) is 5.76 Å². The molecule has 4 nitrogen and oxygen atoms in total. The standard InChI is InChI=1S/C23H19ClN2O2/c1-15-7-9-17(10-8-15)20-21(18-5-2-6-19(24)12-18)26(23(28)22(20)27)14-16-4-3-11-25-13-16/h2-13,21,27H,14H2,1H3/t21-/m0/s1. The molecule has 0 bridgehead atoms. The first-order valence-electron chi connectivity index (χ1n) is 9.00. The molecule has 0 radical (unpaired) electrons. The van der Waals surface area contributed by atoms with E-state index in [-0.39, 0.29) is 5.76 Å². The van der Waals surface area contributed by atoms with Crippen LogP contribution in [-0.4, -0.2) is 20.9 Å². The molecule has 1 atom stereocenters. The Morgan fingerprint density at radius 2 is 1.89 bits per heavy atom. The molecule has 1 aromatic heterocycles. The van der Waals surface area contributed by atoms with E-state index in [4.69, 9.17) is 11.6 Å². The van der Waals surface area contributed by atoms with Crippen LogP contribution in [0.5, 0.6) is 0 Å². The van der Waals surface area contributed by atoms with Gasteiger partial charge in [0.1, 0.15) is 0 Å². The van der Waals surface area contributed by atoms with Gasteiger partial charge in [0.2, 0.25) is 0 Å². The molecule has 0 spiro atoms. The third kappa shape index (κ3) is 3.39. The van der Waals surface area contributed by atoms with E-state index in [9.17, 15) is 9.90 Å². The fraction of sp³-hybridized carbons (Fsp3) is 0.130. The number of aliphatic hydroxyl groups excluding tert-OH is 1. The van der Waals surface area contributed by atoms with Gasteiger partial charge >= 0.3 is 0 Å². The van der Waals surface area contributed by atoms with Crippen LogP contribution in [-0.2, 0) is 11.3 Å². The van der Waals surface area contributed by atoms with E-state index in [1.165, 1.54) is 0 Å². The van der Waals surface area contributed by atoms with Gasteiger partial charge in [0.05, 0.1) is 6.04 Å². The minimum absolute atomic E-state index is 0.224. The Morgan fingerprint density at radius 3 is 2.57 bits per heavy atom. The maximum Gasteiger partial charge on any atom is 0.290 e. The smallest absolute Gasteiger partial charge is 0.290 e. The number of hydrogen-bond donors (Lipinski definition) is 1. The predicted octanol–water partition coefficient (Wildman–Crippen LogP) is 5.10. The van der Waals surface area contributed by atoms with Gasteiger partial charge in [0, 0.05) is 29.5 Å². The van der Waals surface area contributed by atoms with E-state index in [2.05, 4.69) is 4.98 Å². The van der Waals surface area contributed by atoms with E-state index in [1.807, 2.05) is 61.5 Å². The molecule has 2 aromatic carbocycles. The van der Waals surface area contributed by atoms with Crippen LogP contribution < -0.4 is 0 Å². The average Bonchev–Trinajstić information content (AvgIpc) is 2.94. The van der Waals surface area contributed by atoms with Crippen molar-refractivity contribution in [3.63, 3.8) is 0 Å². The summed E-state index contributed by atoms with van der Waals surface area (Å²) in [4.78, 5) is 18.8. The summed E-state index contributed by atoms with van der Waals surface area (Å²) < 4.78 is 0. The number of hydrogen-bond acceptors (Lipinski definition) is 3. The molecule has 28 heavy (non-hydrogen) atoms. The van der Waals surface area contributed by atoms with Crippen LogP contribution in [0, 0.1) is 6.92 Å². The fourth-order valence-corrected chi connectivity index (χ4v) is 3.75. The highest BCUT2D eigenvalue weighted by atomic mass is 35.5. The fourth-order valence-electron chi connectivity index (χ4n) is 3.56. The number of carbonyl (C=O) groups is 1. The molecule has 2 heterocycles. The van der Waals surface area contributed by atoms with Gasteiger partial charge in [-0.2, -0.15) is 0 Å². The normalized spacial score (nSPS) is 16.7. The topological polar surface area (TPSA) is 53.4 Å². The lowest BCUT2D eigenvalue weighted by molar-refractivity contribution is -0.130. The molecular weight excluding hydrogens is 372 g/mol. The number of aromatic nitrogens is 1. The van der Waals surface area contributed by atoms with Crippen molar-refractivity contribution < 1.29 is 9.90 Å². The summed E-state index contributed by atoms with van der Waals surface area (Å²) in [5, 5.41) is 11.4. The first-order chi connectivity index (χ1) is 13.5. The second-order valence-electron chi connectivity index (χ2n) is 6.88. The Labute approximate surface area is 168 Å². The Morgan fingerprint density at radius 1 is 1.11 bits per heavy atom. The number of pyridine rings is 1. The molecule has 3 aromatic rings. The molecule has 1 N–H and O–H groups in total. The number of aryl methyl sites for hydroxylation is 1. The Kier molecular flexibility index (Phi) is 4.88. The van der Waals surface area contributed by atoms with E-state index in [0.29, 0.717) is 17.1 Å². The average molecular weight is 391 g/mol. The van der Waals surface area contributed by atoms with Crippen molar-refractivity contribution in [2.24, 2.45) is 0 Å². The SMILES string of the molecule is Cc1ccc(C2=C(O)C(=O)N(Cc3cccnc3)[C@H]2c2cccc(Cl)c2)cc1. The van der Waals surface area contributed by atoms with Gasteiger partial charge in [-0.1, -0.05) is 59.6 Å². The van der Waals surface area contributed by atoms with E-state index in [1.54, 1.807) is 23.4 Å². The third-order valence-corrected chi connectivity index (χ3v) is 5.14. The summed E-state index contributed by atoms with van der Waals surface area (Å²) in [6, 6.07) is 18.5. The Hall–Kier alpha value is -3.11. The van der Waals surface area contributed by atoms with Crippen LogP contribution in [0.3, 0.4) is 0 Å². The molecule has 0 saturated carbocycles. The number of rotatable bonds is 4. The summed E-state index contributed by atoms with van der Waals surface area (Å²) in [7, 11) is 0. The van der Waals surface area contributed by atoms with Crippen molar-refractivity contribution in [1.82, 2.24) is 9.88 Å². The Balaban J connectivity index is 1.83. The number of nitrogens with zero attached hydrogens (tertiary/aromatic N) is 2. The zero-order valence-corrected chi connectivity index (χ0v) is 16.1.